The molecular formula is C8H17O3S. The smallest absolute Gasteiger partial charge is 0.196 e. The van der Waals surface area contributed by atoms with Crippen LogP contribution in [0.1, 0.15) is 41.0 Å². The van der Waals surface area contributed by atoms with Gasteiger partial charge >= 0.3 is 0 Å². The van der Waals surface area contributed by atoms with Crippen LogP contribution >= 0.6 is 0 Å². The van der Waals surface area contributed by atoms with Gasteiger partial charge in [-0.1, -0.05) is 25.3 Å². The van der Waals surface area contributed by atoms with Crippen molar-refractivity contribution in [2.24, 2.45) is 5.41 Å². The zero-order valence-corrected chi connectivity index (χ0v) is 9.16. The predicted molar refractivity (Wildman–Crippen MR) is 47.8 cm³/mol. The van der Waals surface area contributed by atoms with E-state index in [1.54, 1.807) is 0 Å². The Balaban J connectivity index is 4.68. The molecule has 0 heterocycles. The van der Waals surface area contributed by atoms with E-state index in [0.717, 1.165) is 0 Å². The minimum absolute atomic E-state index is 0.138. The quantitative estimate of drug-likeness (QED) is 0.673. The van der Waals surface area contributed by atoms with Crippen molar-refractivity contribution in [2.45, 2.75) is 45.8 Å². The maximum Gasteiger partial charge on any atom is 0.299 e. The van der Waals surface area contributed by atoms with Crippen LogP contribution in [0.15, 0.2) is 0 Å². The van der Waals surface area contributed by atoms with Gasteiger partial charge in [0, 0.05) is 0 Å². The first-order valence-corrected chi connectivity index (χ1v) is 5.32. The normalized spacial score (nSPS) is 14.8. The van der Waals surface area contributed by atoms with E-state index in [1.807, 2.05) is 20.8 Å². The molecule has 0 amide bonds. The summed E-state index contributed by atoms with van der Waals surface area (Å²) in [5.74, 6) is 0. The molecule has 0 unspecified atom stereocenters. The fourth-order valence-corrected chi connectivity index (χ4v) is 1.98. The second kappa shape index (κ2) is 3.00. The molecule has 0 saturated carbocycles. The van der Waals surface area contributed by atoms with Gasteiger partial charge in [-0.05, 0) is 25.7 Å². The highest BCUT2D eigenvalue weighted by molar-refractivity contribution is 7.86. The van der Waals surface area contributed by atoms with E-state index in [-0.39, 0.29) is 5.41 Å². The largest absolute Gasteiger partial charge is 0.299 e. The van der Waals surface area contributed by atoms with Crippen LogP contribution in [-0.4, -0.2) is 13.2 Å². The van der Waals surface area contributed by atoms with Crippen molar-refractivity contribution in [3.63, 3.8) is 0 Å². The fourth-order valence-electron chi connectivity index (χ4n) is 1.37. The molecule has 0 fully saturated rings. The Kier molecular flexibility index (Phi) is 2.97. The number of hydrogen-bond acceptors (Lipinski definition) is 2. The molecule has 0 aliphatic rings. The van der Waals surface area contributed by atoms with Gasteiger partial charge in [-0.3, -0.25) is 0 Å². The first kappa shape index (κ1) is 11.9. The standard InChI is InChI=1S/C8H17O3S/c1-7(2,3)6-8(4,5)12(9,10)11/h6H2,1-5H3. The second-order valence-corrected chi connectivity index (χ2v) is 6.96. The summed E-state index contributed by atoms with van der Waals surface area (Å²) in [4.78, 5) is 0. The molecule has 0 saturated heterocycles. The average Bonchev–Trinajstić information content (AvgIpc) is 1.52. The Bertz CT molecular complexity index is 244. The summed E-state index contributed by atoms with van der Waals surface area (Å²) in [6.07, 6.45) is 0.381. The minimum Gasteiger partial charge on any atom is -0.196 e. The van der Waals surface area contributed by atoms with Gasteiger partial charge in [-0.25, -0.2) is 0 Å². The lowest BCUT2D eigenvalue weighted by atomic mass is 9.86. The van der Waals surface area contributed by atoms with Gasteiger partial charge in [0.05, 0.1) is 4.75 Å². The summed E-state index contributed by atoms with van der Waals surface area (Å²) in [5, 5.41) is 0. The Labute approximate surface area is 74.9 Å². The molecule has 0 N–H and O–H groups in total. The van der Waals surface area contributed by atoms with Gasteiger partial charge in [0.2, 0.25) is 0 Å². The molecule has 4 heteroatoms. The van der Waals surface area contributed by atoms with Gasteiger partial charge in [0.25, 0.3) is 10.1 Å². The van der Waals surface area contributed by atoms with Gasteiger partial charge in [0.15, 0.2) is 0 Å². The highest BCUT2D eigenvalue weighted by Crippen LogP contribution is 2.31. The lowest BCUT2D eigenvalue weighted by molar-refractivity contribution is 0.301. The van der Waals surface area contributed by atoms with Crippen LogP contribution < -0.4 is 0 Å². The predicted octanol–water partition coefficient (Wildman–Crippen LogP) is 1.96. The van der Waals surface area contributed by atoms with Crippen molar-refractivity contribution in [3.05, 3.63) is 0 Å². The molecule has 0 bridgehead atoms. The fraction of sp³-hybridized carbons (Fsp3) is 1.00. The molecule has 12 heavy (non-hydrogen) atoms. The van der Waals surface area contributed by atoms with Crippen molar-refractivity contribution < 1.29 is 13.0 Å². The molecule has 1 radical (unpaired) electrons. The molecule has 0 aromatic carbocycles. The molecule has 0 aliphatic carbocycles. The molecule has 0 rings (SSSR count). The SMILES string of the molecule is CC(C)(C)CC(C)(C)S([O])(=O)=O. The van der Waals surface area contributed by atoms with Crippen LogP contribution in [0.2, 0.25) is 0 Å². The van der Waals surface area contributed by atoms with E-state index in [9.17, 15) is 13.0 Å². The third-order valence-electron chi connectivity index (χ3n) is 1.63. The summed E-state index contributed by atoms with van der Waals surface area (Å²) in [5.41, 5.74) is -0.138. The van der Waals surface area contributed by atoms with Crippen LogP contribution in [0.3, 0.4) is 0 Å². The van der Waals surface area contributed by atoms with Crippen molar-refractivity contribution in [3.8, 4) is 0 Å². The Morgan fingerprint density at radius 1 is 1.00 bits per heavy atom. The monoisotopic (exact) mass is 193 g/mol. The zero-order valence-electron chi connectivity index (χ0n) is 8.34. The molecule has 0 aromatic rings. The van der Waals surface area contributed by atoms with E-state index < -0.39 is 14.9 Å². The van der Waals surface area contributed by atoms with E-state index in [1.165, 1.54) is 13.8 Å². The topological polar surface area (TPSA) is 54.0 Å². The minimum atomic E-state index is -4.19. The zero-order chi connectivity index (χ0) is 10.2. The summed E-state index contributed by atoms with van der Waals surface area (Å²) in [7, 11) is -4.19. The van der Waals surface area contributed by atoms with Gasteiger partial charge < -0.3 is 0 Å². The molecule has 0 atom stereocenters. The summed E-state index contributed by atoms with van der Waals surface area (Å²) < 4.78 is 31.2. The van der Waals surface area contributed by atoms with Gasteiger partial charge in [-0.15, -0.1) is 0 Å². The first-order valence-electron chi connectivity index (χ1n) is 3.91. The van der Waals surface area contributed by atoms with Gasteiger partial charge in [0.1, 0.15) is 0 Å². The van der Waals surface area contributed by atoms with Crippen LogP contribution in [0.5, 0.6) is 0 Å². The summed E-state index contributed by atoms with van der Waals surface area (Å²) >= 11 is 0. The maximum atomic E-state index is 10.8. The number of rotatable bonds is 2. The van der Waals surface area contributed by atoms with E-state index in [2.05, 4.69) is 0 Å². The highest BCUT2D eigenvalue weighted by atomic mass is 32.2. The van der Waals surface area contributed by atoms with E-state index in [4.69, 9.17) is 0 Å². The van der Waals surface area contributed by atoms with E-state index in [0.29, 0.717) is 6.42 Å². The molecule has 0 aromatic heterocycles. The number of hydrogen-bond donors (Lipinski definition) is 0. The molecule has 0 aliphatic heterocycles. The van der Waals surface area contributed by atoms with E-state index >= 15 is 0 Å². The third kappa shape index (κ3) is 3.54. The van der Waals surface area contributed by atoms with Crippen LogP contribution in [-0.2, 0) is 14.7 Å². The lowest BCUT2D eigenvalue weighted by Gasteiger charge is -2.28. The first-order chi connectivity index (χ1) is 4.96. The van der Waals surface area contributed by atoms with Crippen LogP contribution in [0.25, 0.3) is 0 Å². The molecule has 73 valence electrons. The van der Waals surface area contributed by atoms with Gasteiger partial charge in [-0.2, -0.15) is 8.42 Å². The van der Waals surface area contributed by atoms with Crippen molar-refractivity contribution in [1.29, 1.82) is 0 Å². The average molecular weight is 193 g/mol. The lowest BCUT2D eigenvalue weighted by Crippen LogP contribution is -2.34. The molecular weight excluding hydrogens is 176 g/mol. The van der Waals surface area contributed by atoms with Crippen LogP contribution in [0, 0.1) is 5.41 Å². The summed E-state index contributed by atoms with van der Waals surface area (Å²) in [6, 6.07) is 0. The molecule has 3 nitrogen and oxygen atoms in total. The van der Waals surface area contributed by atoms with Crippen molar-refractivity contribution in [1.82, 2.24) is 0 Å². The second-order valence-electron chi connectivity index (χ2n) is 4.95. The molecule has 0 spiro atoms. The Morgan fingerprint density at radius 3 is 1.42 bits per heavy atom. The summed E-state index contributed by atoms with van der Waals surface area (Å²) in [6.45, 7) is 8.70. The Hall–Kier alpha value is -0.0900. The highest BCUT2D eigenvalue weighted by Gasteiger charge is 2.37. The van der Waals surface area contributed by atoms with Crippen molar-refractivity contribution in [2.75, 3.05) is 0 Å². The third-order valence-corrected chi connectivity index (χ3v) is 3.13. The maximum absolute atomic E-state index is 10.8. The van der Waals surface area contributed by atoms with Crippen molar-refractivity contribution >= 4 is 10.1 Å². The van der Waals surface area contributed by atoms with Crippen LogP contribution in [0.4, 0.5) is 0 Å². The Morgan fingerprint density at radius 2 is 1.33 bits per heavy atom.